The van der Waals surface area contributed by atoms with Crippen molar-refractivity contribution >= 4 is 5.97 Å². The van der Waals surface area contributed by atoms with E-state index in [9.17, 15) is 40.5 Å². The number of aliphatic hydroxyl groups is 7. The van der Waals surface area contributed by atoms with Gasteiger partial charge in [0.05, 0.1) is 26.4 Å². The zero-order valence-electron chi connectivity index (χ0n) is 44.3. The molecule has 2 rings (SSSR count). The largest absolute Gasteiger partial charge is 0.457 e. The first kappa shape index (κ1) is 65.8. The molecule has 0 amide bonds. The van der Waals surface area contributed by atoms with E-state index >= 15 is 0 Å². The maximum Gasteiger partial charge on any atom is 0.306 e. The maximum atomic E-state index is 13.1. The molecule has 0 spiro atoms. The summed E-state index contributed by atoms with van der Waals surface area (Å²) in [4.78, 5) is 13.1. The van der Waals surface area contributed by atoms with Gasteiger partial charge in [-0.1, -0.05) is 162 Å². The molecule has 416 valence electrons. The monoisotopic (exact) mass is 1030 g/mol. The van der Waals surface area contributed by atoms with Crippen LogP contribution in [0.3, 0.4) is 0 Å². The van der Waals surface area contributed by atoms with Crippen LogP contribution in [0.2, 0.25) is 0 Å². The van der Waals surface area contributed by atoms with E-state index in [4.69, 9.17) is 28.4 Å². The summed E-state index contributed by atoms with van der Waals surface area (Å²) in [7, 11) is 0. The van der Waals surface area contributed by atoms with Crippen LogP contribution >= 0.6 is 0 Å². The summed E-state index contributed by atoms with van der Waals surface area (Å²) < 4.78 is 34.3. The van der Waals surface area contributed by atoms with Crippen molar-refractivity contribution < 1.29 is 69.0 Å². The minimum atomic E-state index is -1.72. The van der Waals surface area contributed by atoms with Crippen LogP contribution in [-0.2, 0) is 33.2 Å². The normalized spacial score (nSPS) is 25.8. The third kappa shape index (κ3) is 32.0. The second-order valence-corrected chi connectivity index (χ2v) is 18.6. The molecule has 11 atom stereocenters. The van der Waals surface area contributed by atoms with Crippen LogP contribution < -0.4 is 0 Å². The Morgan fingerprint density at radius 3 is 1.33 bits per heavy atom. The Morgan fingerprint density at radius 1 is 0.452 bits per heavy atom. The van der Waals surface area contributed by atoms with E-state index < -0.39 is 86.7 Å². The number of allylic oxidation sites excluding steroid dienone is 18. The van der Waals surface area contributed by atoms with Gasteiger partial charge in [0.1, 0.15) is 54.9 Å². The summed E-state index contributed by atoms with van der Waals surface area (Å²) in [5.41, 5.74) is 0. The van der Waals surface area contributed by atoms with Crippen LogP contribution in [0.15, 0.2) is 109 Å². The molecule has 0 aliphatic carbocycles. The number of esters is 1. The molecule has 2 aliphatic heterocycles. The minimum absolute atomic E-state index is 0.0276. The summed E-state index contributed by atoms with van der Waals surface area (Å²) in [6, 6.07) is 0. The number of rotatable bonds is 42. The molecule has 0 aromatic carbocycles. The van der Waals surface area contributed by atoms with E-state index in [0.29, 0.717) is 13.0 Å². The Balaban J connectivity index is 1.76. The molecule has 0 saturated carbocycles. The number of carbonyl (C=O) groups is 1. The van der Waals surface area contributed by atoms with Crippen LogP contribution in [0.25, 0.3) is 0 Å². The number of ether oxygens (including phenoxy) is 6. The van der Waals surface area contributed by atoms with Gasteiger partial charge in [-0.15, -0.1) is 0 Å². The van der Waals surface area contributed by atoms with Gasteiger partial charge in [-0.25, -0.2) is 0 Å². The Bertz CT molecular complexity index is 1620. The van der Waals surface area contributed by atoms with Gasteiger partial charge in [0.2, 0.25) is 0 Å². The van der Waals surface area contributed by atoms with E-state index in [1.54, 1.807) is 0 Å². The molecule has 14 heteroatoms. The molecule has 0 aromatic heterocycles. The third-order valence-corrected chi connectivity index (χ3v) is 12.3. The highest BCUT2D eigenvalue weighted by molar-refractivity contribution is 5.69. The maximum absolute atomic E-state index is 13.1. The molecule has 0 bridgehead atoms. The Labute approximate surface area is 438 Å². The van der Waals surface area contributed by atoms with E-state index in [0.717, 1.165) is 122 Å². The van der Waals surface area contributed by atoms with E-state index in [1.165, 1.54) is 6.42 Å². The highest BCUT2D eigenvalue weighted by Gasteiger charge is 2.47. The summed E-state index contributed by atoms with van der Waals surface area (Å²) >= 11 is 0. The van der Waals surface area contributed by atoms with Crippen molar-refractivity contribution in [2.45, 2.75) is 223 Å². The fraction of sp³-hybridized carbons (Fsp3) is 0.678. The van der Waals surface area contributed by atoms with Crippen molar-refractivity contribution in [3.63, 3.8) is 0 Å². The Hall–Kier alpha value is -3.35. The van der Waals surface area contributed by atoms with Crippen molar-refractivity contribution in [2.24, 2.45) is 0 Å². The standard InChI is InChI=1S/C59H96O14/c1-3-5-7-9-11-13-15-17-19-21-22-23-24-25-26-27-28-30-32-34-36-38-40-42-51(61)71-48(45-68-43-41-39-37-35-33-31-29-20-18-16-14-12-10-8-6-4-2)46-69-58-57(67)55(65)53(63)50(73-58)47-70-59-56(66)54(64)52(62)49(44-60)72-59/h5-8,11-14,17-20,22-23,25-26,31,33,48-50,52-60,62-67H,3-4,9-10,15-16,21,24,27-30,32,34-47H2,1-2H3/b7-5-,8-6-,13-11-,14-12-,19-17-,20-18-,23-22-,26-25-,33-31-. The van der Waals surface area contributed by atoms with Crippen molar-refractivity contribution in [2.75, 3.05) is 33.0 Å². The summed E-state index contributed by atoms with van der Waals surface area (Å²) in [5, 5.41) is 72.3. The van der Waals surface area contributed by atoms with Gasteiger partial charge < -0.3 is 64.2 Å². The second-order valence-electron chi connectivity index (χ2n) is 18.6. The number of aliphatic hydroxyl groups excluding tert-OH is 7. The van der Waals surface area contributed by atoms with Crippen LogP contribution in [0, 0.1) is 0 Å². The van der Waals surface area contributed by atoms with Gasteiger partial charge in [0.25, 0.3) is 0 Å². The van der Waals surface area contributed by atoms with Crippen LogP contribution in [0.1, 0.15) is 155 Å². The van der Waals surface area contributed by atoms with E-state index in [2.05, 4.69) is 123 Å². The number of hydrogen-bond donors (Lipinski definition) is 7. The van der Waals surface area contributed by atoms with Crippen molar-refractivity contribution in [3.8, 4) is 0 Å². The number of hydrogen-bond acceptors (Lipinski definition) is 14. The third-order valence-electron chi connectivity index (χ3n) is 12.3. The van der Waals surface area contributed by atoms with Gasteiger partial charge in [0, 0.05) is 13.0 Å². The van der Waals surface area contributed by atoms with Crippen LogP contribution in [0.5, 0.6) is 0 Å². The van der Waals surface area contributed by atoms with Gasteiger partial charge in [0.15, 0.2) is 12.6 Å². The predicted octanol–water partition coefficient (Wildman–Crippen LogP) is 9.18. The zero-order chi connectivity index (χ0) is 53.0. The Kier molecular flexibility index (Phi) is 40.4. The lowest BCUT2D eigenvalue weighted by Crippen LogP contribution is -2.61. The average Bonchev–Trinajstić information content (AvgIpc) is 3.39. The highest BCUT2D eigenvalue weighted by atomic mass is 16.7. The first-order valence-electron chi connectivity index (χ1n) is 27.5. The molecule has 0 aromatic rings. The molecule has 7 N–H and O–H groups in total. The zero-order valence-corrected chi connectivity index (χ0v) is 44.3. The first-order valence-corrected chi connectivity index (χ1v) is 27.5. The fourth-order valence-corrected chi connectivity index (χ4v) is 7.89. The lowest BCUT2D eigenvalue weighted by atomic mass is 9.98. The lowest BCUT2D eigenvalue weighted by Gasteiger charge is -2.42. The fourth-order valence-electron chi connectivity index (χ4n) is 7.89. The molecule has 14 nitrogen and oxygen atoms in total. The van der Waals surface area contributed by atoms with Gasteiger partial charge >= 0.3 is 5.97 Å². The minimum Gasteiger partial charge on any atom is -0.457 e. The Morgan fingerprint density at radius 2 is 0.849 bits per heavy atom. The van der Waals surface area contributed by atoms with Crippen molar-refractivity contribution in [1.82, 2.24) is 0 Å². The smallest absolute Gasteiger partial charge is 0.306 e. The summed E-state index contributed by atoms with van der Waals surface area (Å²) in [6.07, 6.45) is 44.3. The average molecular weight is 1030 g/mol. The second kappa shape index (κ2) is 44.9. The molecule has 2 aliphatic rings. The lowest BCUT2D eigenvalue weighted by molar-refractivity contribution is -0.332. The van der Waals surface area contributed by atoms with Gasteiger partial charge in [-0.3, -0.25) is 4.79 Å². The molecule has 73 heavy (non-hydrogen) atoms. The molecular weight excluding hydrogens is 933 g/mol. The van der Waals surface area contributed by atoms with E-state index in [1.807, 2.05) is 0 Å². The molecule has 2 heterocycles. The first-order chi connectivity index (χ1) is 35.6. The number of carbonyl (C=O) groups excluding carboxylic acids is 1. The van der Waals surface area contributed by atoms with Crippen molar-refractivity contribution in [3.05, 3.63) is 109 Å². The van der Waals surface area contributed by atoms with Gasteiger partial charge in [-0.05, 0) is 96.3 Å². The summed E-state index contributed by atoms with van der Waals surface area (Å²) in [5.74, 6) is -0.404. The highest BCUT2D eigenvalue weighted by Crippen LogP contribution is 2.26. The van der Waals surface area contributed by atoms with Crippen molar-refractivity contribution in [1.29, 1.82) is 0 Å². The molecule has 0 radical (unpaired) electrons. The quantitative estimate of drug-likeness (QED) is 0.0173. The van der Waals surface area contributed by atoms with Crippen LogP contribution in [-0.4, -0.2) is 142 Å². The topological polar surface area (TPSA) is 214 Å². The molecule has 2 fully saturated rings. The summed E-state index contributed by atoms with van der Waals surface area (Å²) in [6.45, 7) is 3.34. The number of unbranched alkanes of at least 4 members (excludes halogenated alkanes) is 10. The molecule has 11 unspecified atom stereocenters. The predicted molar refractivity (Wildman–Crippen MR) is 288 cm³/mol. The van der Waals surface area contributed by atoms with Crippen LogP contribution in [0.4, 0.5) is 0 Å². The van der Waals surface area contributed by atoms with E-state index in [-0.39, 0.29) is 19.6 Å². The molecule has 2 saturated heterocycles. The SMILES string of the molecule is CC/C=C\C/C=C\C/C=C\C/C=C\C/C=C\CCCCCCCCCC(=O)OC(COCCCCC/C=C\C/C=C\C/C=C\C/C=C\CC)COC1OC(COC2OC(CO)C(O)C(O)C2O)C(O)C(O)C1O. The molecular formula is C59H96O14. The van der Waals surface area contributed by atoms with Gasteiger partial charge in [-0.2, -0.15) is 0 Å².